The van der Waals surface area contributed by atoms with E-state index in [0.717, 1.165) is 24.9 Å². The van der Waals surface area contributed by atoms with E-state index in [4.69, 9.17) is 0 Å². The normalized spacial score (nSPS) is 11.5. The maximum atomic E-state index is 10.6. The van der Waals surface area contributed by atoms with Crippen molar-refractivity contribution in [1.82, 2.24) is 5.32 Å². The fraction of sp³-hybridized carbons (Fsp3) is 0.294. The van der Waals surface area contributed by atoms with Gasteiger partial charge in [-0.25, -0.2) is 0 Å². The first kappa shape index (κ1) is 18.1. The second kappa shape index (κ2) is 9.18. The molecular weight excluding hydrogens is 300 g/mol. The molecule has 5 heteroatoms. The fourth-order valence-electron chi connectivity index (χ4n) is 2.16. The summed E-state index contributed by atoms with van der Waals surface area (Å²) in [5, 5.41) is 14.0. The van der Waals surface area contributed by atoms with Crippen LogP contribution in [0.2, 0.25) is 0 Å². The number of nitro groups is 1. The maximum Gasteiger partial charge on any atom is 0.269 e. The Hall–Kier alpha value is -1.91. The van der Waals surface area contributed by atoms with Crippen LogP contribution in [-0.2, 0) is 13.0 Å². The molecule has 1 N–H and O–H groups in total. The van der Waals surface area contributed by atoms with Crippen LogP contribution in [0.3, 0.4) is 0 Å². The first-order chi connectivity index (χ1) is 10.1. The largest absolute Gasteiger partial charge is 0.310 e. The highest BCUT2D eigenvalue weighted by Crippen LogP contribution is 2.12. The first-order valence-corrected chi connectivity index (χ1v) is 7.16. The molecule has 0 spiro atoms. The summed E-state index contributed by atoms with van der Waals surface area (Å²) < 4.78 is 0. The van der Waals surface area contributed by atoms with E-state index in [1.165, 1.54) is 5.56 Å². The fourth-order valence-corrected chi connectivity index (χ4v) is 2.16. The van der Waals surface area contributed by atoms with Crippen molar-refractivity contribution in [2.75, 3.05) is 0 Å². The zero-order valence-electron chi connectivity index (χ0n) is 12.6. The monoisotopic (exact) mass is 320 g/mol. The van der Waals surface area contributed by atoms with E-state index in [-0.39, 0.29) is 23.0 Å². The van der Waals surface area contributed by atoms with Crippen molar-refractivity contribution in [2.24, 2.45) is 0 Å². The average Bonchev–Trinajstić information content (AvgIpc) is 2.52. The number of benzene rings is 2. The van der Waals surface area contributed by atoms with Crippen LogP contribution >= 0.6 is 12.4 Å². The van der Waals surface area contributed by atoms with Gasteiger partial charge in [-0.15, -0.1) is 12.4 Å². The number of non-ortho nitro benzene ring substituents is 1. The summed E-state index contributed by atoms with van der Waals surface area (Å²) in [5.74, 6) is 0. The third-order valence-corrected chi connectivity index (χ3v) is 3.51. The van der Waals surface area contributed by atoms with Gasteiger partial charge in [0.25, 0.3) is 5.69 Å². The number of aryl methyl sites for hydroxylation is 1. The van der Waals surface area contributed by atoms with Gasteiger partial charge >= 0.3 is 0 Å². The minimum absolute atomic E-state index is 0. The number of halogens is 1. The predicted molar refractivity (Wildman–Crippen MR) is 91.4 cm³/mol. The van der Waals surface area contributed by atoms with Gasteiger partial charge in [0, 0.05) is 24.7 Å². The minimum Gasteiger partial charge on any atom is -0.310 e. The van der Waals surface area contributed by atoms with Crippen LogP contribution in [0.1, 0.15) is 24.5 Å². The molecule has 0 aliphatic heterocycles. The molecule has 0 amide bonds. The molecule has 22 heavy (non-hydrogen) atoms. The van der Waals surface area contributed by atoms with E-state index in [9.17, 15) is 10.1 Å². The van der Waals surface area contributed by atoms with Gasteiger partial charge in [-0.2, -0.15) is 0 Å². The van der Waals surface area contributed by atoms with Crippen molar-refractivity contribution in [3.63, 3.8) is 0 Å². The van der Waals surface area contributed by atoms with Gasteiger partial charge in [-0.3, -0.25) is 10.1 Å². The van der Waals surface area contributed by atoms with Gasteiger partial charge in [0.15, 0.2) is 0 Å². The number of nitro benzene ring substituents is 1. The Morgan fingerprint density at radius 3 is 2.27 bits per heavy atom. The van der Waals surface area contributed by atoms with Gasteiger partial charge < -0.3 is 5.32 Å². The molecule has 0 saturated heterocycles. The Bertz CT molecular complexity index is 573. The Labute approximate surface area is 137 Å². The lowest BCUT2D eigenvalue weighted by Crippen LogP contribution is -2.25. The lowest BCUT2D eigenvalue weighted by molar-refractivity contribution is -0.384. The highest BCUT2D eigenvalue weighted by molar-refractivity contribution is 5.85. The molecule has 0 radical (unpaired) electrons. The molecular formula is C17H21ClN2O2. The Kier molecular flexibility index (Phi) is 7.57. The van der Waals surface area contributed by atoms with Crippen molar-refractivity contribution < 1.29 is 4.92 Å². The molecule has 0 bridgehead atoms. The highest BCUT2D eigenvalue weighted by atomic mass is 35.5. The summed E-state index contributed by atoms with van der Waals surface area (Å²) in [6, 6.07) is 17.5. The number of nitrogens with zero attached hydrogens (tertiary/aromatic N) is 1. The SMILES string of the molecule is CC(CCc1ccccc1)NCc1ccc([N+](=O)[O-])cc1.Cl. The zero-order valence-corrected chi connectivity index (χ0v) is 13.4. The van der Waals surface area contributed by atoms with Crippen LogP contribution in [0.25, 0.3) is 0 Å². The summed E-state index contributed by atoms with van der Waals surface area (Å²) >= 11 is 0. The second-order valence-corrected chi connectivity index (χ2v) is 5.23. The summed E-state index contributed by atoms with van der Waals surface area (Å²) in [7, 11) is 0. The number of nitrogens with one attached hydrogen (secondary N) is 1. The van der Waals surface area contributed by atoms with E-state index < -0.39 is 0 Å². The lowest BCUT2D eigenvalue weighted by atomic mass is 10.1. The molecule has 0 aromatic heterocycles. The van der Waals surface area contributed by atoms with Crippen LogP contribution < -0.4 is 5.32 Å². The van der Waals surface area contributed by atoms with Gasteiger partial charge in [0.2, 0.25) is 0 Å². The Balaban J connectivity index is 0.00000242. The molecule has 2 rings (SSSR count). The summed E-state index contributed by atoms with van der Waals surface area (Å²) in [4.78, 5) is 10.2. The highest BCUT2D eigenvalue weighted by Gasteiger charge is 2.05. The maximum absolute atomic E-state index is 10.6. The smallest absolute Gasteiger partial charge is 0.269 e. The Morgan fingerprint density at radius 2 is 1.68 bits per heavy atom. The molecule has 0 heterocycles. The molecule has 2 aromatic carbocycles. The van der Waals surface area contributed by atoms with Crippen molar-refractivity contribution in [3.8, 4) is 0 Å². The molecule has 1 atom stereocenters. The number of hydrogen-bond donors (Lipinski definition) is 1. The molecule has 0 aliphatic carbocycles. The van der Waals surface area contributed by atoms with Crippen molar-refractivity contribution >= 4 is 18.1 Å². The van der Waals surface area contributed by atoms with Crippen LogP contribution in [-0.4, -0.2) is 11.0 Å². The lowest BCUT2D eigenvalue weighted by Gasteiger charge is -2.13. The summed E-state index contributed by atoms with van der Waals surface area (Å²) in [5.41, 5.74) is 2.55. The van der Waals surface area contributed by atoms with Gasteiger partial charge in [0.05, 0.1) is 4.92 Å². The summed E-state index contributed by atoms with van der Waals surface area (Å²) in [6.45, 7) is 2.89. The number of rotatable bonds is 7. The molecule has 2 aromatic rings. The van der Waals surface area contributed by atoms with Crippen molar-refractivity contribution in [1.29, 1.82) is 0 Å². The third-order valence-electron chi connectivity index (χ3n) is 3.51. The molecule has 4 nitrogen and oxygen atoms in total. The van der Waals surface area contributed by atoms with Gasteiger partial charge in [0.1, 0.15) is 0 Å². The second-order valence-electron chi connectivity index (χ2n) is 5.23. The Morgan fingerprint density at radius 1 is 1.05 bits per heavy atom. The van der Waals surface area contributed by atoms with E-state index in [1.54, 1.807) is 24.3 Å². The first-order valence-electron chi connectivity index (χ1n) is 7.16. The molecule has 0 fully saturated rings. The minimum atomic E-state index is -0.375. The zero-order chi connectivity index (χ0) is 15.1. The molecule has 1 unspecified atom stereocenters. The van der Waals surface area contributed by atoms with Gasteiger partial charge in [-0.05, 0) is 30.9 Å². The van der Waals surface area contributed by atoms with Crippen molar-refractivity contribution in [2.45, 2.75) is 32.4 Å². The van der Waals surface area contributed by atoms with E-state index >= 15 is 0 Å². The quantitative estimate of drug-likeness (QED) is 0.616. The molecule has 118 valence electrons. The van der Waals surface area contributed by atoms with Crippen LogP contribution in [0.4, 0.5) is 5.69 Å². The summed E-state index contributed by atoms with van der Waals surface area (Å²) in [6.07, 6.45) is 2.12. The molecule has 0 aliphatic rings. The molecule has 0 saturated carbocycles. The third kappa shape index (κ3) is 5.84. The van der Waals surface area contributed by atoms with Crippen LogP contribution in [0.15, 0.2) is 54.6 Å². The standard InChI is InChI=1S/C17H20N2O2.ClH/c1-14(7-8-15-5-3-2-4-6-15)18-13-16-9-11-17(12-10-16)19(20)21;/h2-6,9-12,14,18H,7-8,13H2,1H3;1H. The number of hydrogen-bond acceptors (Lipinski definition) is 3. The van der Waals surface area contributed by atoms with Crippen LogP contribution in [0, 0.1) is 10.1 Å². The van der Waals surface area contributed by atoms with E-state index in [1.807, 2.05) is 6.07 Å². The topological polar surface area (TPSA) is 55.2 Å². The van der Waals surface area contributed by atoms with Crippen LogP contribution in [0.5, 0.6) is 0 Å². The van der Waals surface area contributed by atoms with Crippen molar-refractivity contribution in [3.05, 3.63) is 75.8 Å². The van der Waals surface area contributed by atoms with Gasteiger partial charge in [-0.1, -0.05) is 42.5 Å². The predicted octanol–water partition coefficient (Wildman–Crippen LogP) is 4.13. The average molecular weight is 321 g/mol. The van der Waals surface area contributed by atoms with E-state index in [0.29, 0.717) is 6.04 Å². The van der Waals surface area contributed by atoms with E-state index in [2.05, 4.69) is 36.5 Å².